The second-order valence-electron chi connectivity index (χ2n) is 8.34. The fourth-order valence-electron chi connectivity index (χ4n) is 4.16. The minimum absolute atomic E-state index is 0.393. The van der Waals surface area contributed by atoms with Gasteiger partial charge >= 0.3 is 0 Å². The molecule has 0 spiro atoms. The Morgan fingerprint density at radius 1 is 1.00 bits per heavy atom. The molecule has 4 nitrogen and oxygen atoms in total. The van der Waals surface area contributed by atoms with E-state index in [1.54, 1.807) is 0 Å². The van der Waals surface area contributed by atoms with Gasteiger partial charge in [-0.15, -0.1) is 0 Å². The summed E-state index contributed by atoms with van der Waals surface area (Å²) in [7, 11) is 0. The topological polar surface area (TPSA) is 45.6 Å². The number of halogens is 2. The fourth-order valence-corrected chi connectivity index (χ4v) is 4.76. The van der Waals surface area contributed by atoms with Crippen LogP contribution in [0.15, 0.2) is 17.1 Å². The van der Waals surface area contributed by atoms with Crippen LogP contribution in [0.2, 0.25) is 10.0 Å². The Hall–Kier alpha value is -1.13. The van der Waals surface area contributed by atoms with E-state index in [4.69, 9.17) is 32.9 Å². The van der Waals surface area contributed by atoms with E-state index in [2.05, 4.69) is 17.6 Å². The highest BCUT2D eigenvalue weighted by atomic mass is 35.5. The van der Waals surface area contributed by atoms with E-state index in [0.29, 0.717) is 34.5 Å². The van der Waals surface area contributed by atoms with Crippen molar-refractivity contribution >= 4 is 34.8 Å². The molecule has 0 bridgehead atoms. The van der Waals surface area contributed by atoms with Crippen molar-refractivity contribution in [2.45, 2.75) is 96.1 Å². The summed E-state index contributed by atoms with van der Waals surface area (Å²) in [5.74, 6) is 1.42. The van der Waals surface area contributed by atoms with E-state index in [0.717, 1.165) is 24.5 Å². The predicted molar refractivity (Wildman–Crippen MR) is 125 cm³/mol. The van der Waals surface area contributed by atoms with Crippen LogP contribution in [0.25, 0.3) is 0 Å². The van der Waals surface area contributed by atoms with E-state index < -0.39 is 0 Å². The lowest BCUT2D eigenvalue weighted by atomic mass is 9.95. The molecule has 1 aromatic carbocycles. The first kappa shape index (κ1) is 22.6. The molecular weight excluding hydrogens is 405 g/mol. The molecule has 0 radical (unpaired) electrons. The quantitative estimate of drug-likeness (QED) is 0.268. The highest BCUT2D eigenvalue weighted by Crippen LogP contribution is 2.36. The van der Waals surface area contributed by atoms with Gasteiger partial charge in [0, 0.05) is 11.7 Å². The van der Waals surface area contributed by atoms with Gasteiger partial charge in [-0.2, -0.15) is 0 Å². The number of guanidine groups is 1. The molecule has 2 N–H and O–H groups in total. The van der Waals surface area contributed by atoms with Crippen LogP contribution >= 0.6 is 23.2 Å². The minimum Gasteiger partial charge on any atom is -0.490 e. The number of anilines is 1. The number of rotatable bonds is 7. The highest BCUT2D eigenvalue weighted by Gasteiger charge is 2.19. The molecule has 3 rings (SSSR count). The van der Waals surface area contributed by atoms with Gasteiger partial charge in [0.2, 0.25) is 0 Å². The van der Waals surface area contributed by atoms with Gasteiger partial charge in [-0.1, -0.05) is 75.1 Å². The van der Waals surface area contributed by atoms with Crippen molar-refractivity contribution < 1.29 is 4.74 Å². The molecule has 29 heavy (non-hydrogen) atoms. The van der Waals surface area contributed by atoms with Crippen molar-refractivity contribution in [2.75, 3.05) is 11.9 Å². The lowest BCUT2D eigenvalue weighted by Gasteiger charge is -2.27. The second kappa shape index (κ2) is 11.9. The maximum atomic E-state index is 6.47. The number of hydrogen-bond donors (Lipinski definition) is 2. The molecule has 0 saturated heterocycles. The normalized spacial score (nSPS) is 19.2. The number of nitrogens with zero attached hydrogens (tertiary/aromatic N) is 1. The Morgan fingerprint density at radius 2 is 1.62 bits per heavy atom. The highest BCUT2D eigenvalue weighted by molar-refractivity contribution is 6.37. The third-order valence-electron chi connectivity index (χ3n) is 5.84. The zero-order chi connectivity index (χ0) is 20.5. The SMILES string of the molecule is CCCCOc1c(Cl)cc(NC(=NC2CCCCC2)NC2CCCCC2)cc1Cl. The van der Waals surface area contributed by atoms with Crippen LogP contribution in [-0.2, 0) is 0 Å². The van der Waals surface area contributed by atoms with Crippen LogP contribution in [-0.4, -0.2) is 24.7 Å². The molecule has 2 aliphatic carbocycles. The average molecular weight is 440 g/mol. The molecule has 0 unspecified atom stereocenters. The van der Waals surface area contributed by atoms with Crippen molar-refractivity contribution in [1.29, 1.82) is 0 Å². The van der Waals surface area contributed by atoms with E-state index in [1.807, 2.05) is 12.1 Å². The summed E-state index contributed by atoms with van der Waals surface area (Å²) in [6.45, 7) is 2.76. The molecule has 0 amide bonds. The maximum Gasteiger partial charge on any atom is 0.196 e. The molecule has 2 aliphatic rings. The standard InChI is InChI=1S/C23H35Cl2N3O/c1-2-3-14-29-22-20(24)15-19(16-21(22)25)28-23(26-17-10-6-4-7-11-17)27-18-12-8-5-9-13-18/h15-18H,2-14H2,1H3,(H2,26,27,28). The molecule has 2 fully saturated rings. The summed E-state index contributed by atoms with van der Waals surface area (Å²) in [5.41, 5.74) is 0.848. The first-order chi connectivity index (χ1) is 14.2. The van der Waals surface area contributed by atoms with Crippen LogP contribution < -0.4 is 15.4 Å². The molecule has 162 valence electrons. The number of benzene rings is 1. The van der Waals surface area contributed by atoms with E-state index in [9.17, 15) is 0 Å². The molecule has 0 atom stereocenters. The Morgan fingerprint density at radius 3 is 2.24 bits per heavy atom. The second-order valence-corrected chi connectivity index (χ2v) is 9.16. The van der Waals surface area contributed by atoms with Crippen LogP contribution in [0.5, 0.6) is 5.75 Å². The van der Waals surface area contributed by atoms with Gasteiger partial charge in [0.1, 0.15) is 0 Å². The van der Waals surface area contributed by atoms with Gasteiger partial charge in [0.15, 0.2) is 11.7 Å². The lowest BCUT2D eigenvalue weighted by Crippen LogP contribution is -2.41. The predicted octanol–water partition coefficient (Wildman–Crippen LogP) is 7.20. The van der Waals surface area contributed by atoms with Crippen LogP contribution in [0.4, 0.5) is 5.69 Å². The lowest BCUT2D eigenvalue weighted by molar-refractivity contribution is 0.310. The van der Waals surface area contributed by atoms with Crippen molar-refractivity contribution in [3.63, 3.8) is 0 Å². The molecule has 0 heterocycles. The first-order valence-electron chi connectivity index (χ1n) is 11.4. The van der Waals surface area contributed by atoms with Gasteiger partial charge in [-0.25, -0.2) is 4.99 Å². The molecule has 0 aromatic heterocycles. The van der Waals surface area contributed by atoms with Crippen molar-refractivity contribution in [3.05, 3.63) is 22.2 Å². The first-order valence-corrected chi connectivity index (χ1v) is 12.1. The summed E-state index contributed by atoms with van der Waals surface area (Å²) < 4.78 is 5.77. The third-order valence-corrected chi connectivity index (χ3v) is 6.40. The summed E-state index contributed by atoms with van der Waals surface area (Å²) in [6, 6.07) is 4.65. The fraction of sp³-hybridized carbons (Fsp3) is 0.696. The minimum atomic E-state index is 0.393. The largest absolute Gasteiger partial charge is 0.490 e. The Bertz CT molecular complexity index is 645. The van der Waals surface area contributed by atoms with Crippen molar-refractivity contribution in [3.8, 4) is 5.75 Å². The number of unbranched alkanes of at least 4 members (excludes halogenated alkanes) is 1. The van der Waals surface area contributed by atoms with E-state index in [-0.39, 0.29) is 0 Å². The number of ether oxygens (including phenoxy) is 1. The molecule has 6 heteroatoms. The van der Waals surface area contributed by atoms with Crippen LogP contribution in [0.3, 0.4) is 0 Å². The summed E-state index contributed by atoms with van der Waals surface area (Å²) in [6.07, 6.45) is 14.6. The Kier molecular flexibility index (Phi) is 9.26. The van der Waals surface area contributed by atoms with Crippen LogP contribution in [0.1, 0.15) is 84.0 Å². The monoisotopic (exact) mass is 439 g/mol. The van der Waals surface area contributed by atoms with Crippen LogP contribution in [0, 0.1) is 0 Å². The van der Waals surface area contributed by atoms with Crippen molar-refractivity contribution in [2.24, 2.45) is 4.99 Å². The third kappa shape index (κ3) is 7.25. The van der Waals surface area contributed by atoms with E-state index >= 15 is 0 Å². The summed E-state index contributed by atoms with van der Waals surface area (Å²) in [4.78, 5) is 5.04. The zero-order valence-electron chi connectivity index (χ0n) is 17.6. The number of hydrogen-bond acceptors (Lipinski definition) is 2. The molecular formula is C23H35Cl2N3O. The van der Waals surface area contributed by atoms with Gasteiger partial charge in [0.25, 0.3) is 0 Å². The average Bonchev–Trinajstić information content (AvgIpc) is 2.71. The molecule has 2 saturated carbocycles. The maximum absolute atomic E-state index is 6.47. The van der Waals surface area contributed by atoms with Gasteiger partial charge < -0.3 is 15.4 Å². The zero-order valence-corrected chi connectivity index (χ0v) is 19.1. The Balaban J connectivity index is 1.72. The number of aliphatic imine (C=N–C) groups is 1. The van der Waals surface area contributed by atoms with Crippen molar-refractivity contribution in [1.82, 2.24) is 5.32 Å². The Labute approximate surface area is 185 Å². The summed E-state index contributed by atoms with van der Waals surface area (Å²) in [5, 5.41) is 8.20. The smallest absolute Gasteiger partial charge is 0.196 e. The van der Waals surface area contributed by atoms with Gasteiger partial charge in [-0.05, 0) is 44.2 Å². The van der Waals surface area contributed by atoms with E-state index in [1.165, 1.54) is 64.2 Å². The molecule has 0 aliphatic heterocycles. The number of nitrogens with one attached hydrogen (secondary N) is 2. The van der Waals surface area contributed by atoms with Gasteiger partial charge in [0.05, 0.1) is 22.7 Å². The van der Waals surface area contributed by atoms with Gasteiger partial charge in [-0.3, -0.25) is 0 Å². The molecule has 1 aromatic rings. The summed E-state index contributed by atoms with van der Waals surface area (Å²) >= 11 is 12.9.